The molecule has 0 saturated heterocycles. The van der Waals surface area contributed by atoms with Crippen LogP contribution in [0.3, 0.4) is 0 Å². The fraction of sp³-hybridized carbons (Fsp3) is 0.571. The molecule has 4 rings (SSSR count). The summed E-state index contributed by atoms with van der Waals surface area (Å²) >= 11 is 0. The Hall–Kier alpha value is -1.56. The Labute approximate surface area is 172 Å². The molecule has 2 aromatic rings. The normalized spacial score (nSPS) is 28.2. The third-order valence-corrected chi connectivity index (χ3v) is 7.95. The lowest BCUT2D eigenvalue weighted by molar-refractivity contribution is 0.319. The zero-order valence-corrected chi connectivity index (χ0v) is 18.0. The standard InChI is InChI=1S/C28H38/c1-3-21-5-9-23(10-6-21)25-13-17-27(18-14-25)28-19-15-26(16-20-28)24-11-7-22(4-2)8-12-24/h13-24H,3-12H2,1-2H3/t21-,22-,23-,24-. The van der Waals surface area contributed by atoms with E-state index in [4.69, 9.17) is 0 Å². The zero-order chi connectivity index (χ0) is 19.3. The van der Waals surface area contributed by atoms with Crippen LogP contribution in [0.15, 0.2) is 48.5 Å². The molecule has 2 saturated carbocycles. The molecule has 0 bridgehead atoms. The molecule has 0 nitrogen and oxygen atoms in total. The molecule has 28 heavy (non-hydrogen) atoms. The molecule has 2 aromatic carbocycles. The molecule has 0 aromatic heterocycles. The van der Waals surface area contributed by atoms with Crippen LogP contribution in [0.5, 0.6) is 0 Å². The number of hydrogen-bond donors (Lipinski definition) is 0. The molecule has 0 unspecified atom stereocenters. The monoisotopic (exact) mass is 374 g/mol. The Kier molecular flexibility index (Phi) is 6.55. The molecule has 2 aliphatic carbocycles. The van der Waals surface area contributed by atoms with E-state index in [2.05, 4.69) is 62.4 Å². The van der Waals surface area contributed by atoms with E-state index in [9.17, 15) is 0 Å². The molecule has 0 amide bonds. The van der Waals surface area contributed by atoms with Crippen LogP contribution in [0.2, 0.25) is 0 Å². The first-order chi connectivity index (χ1) is 13.8. The van der Waals surface area contributed by atoms with Crippen LogP contribution < -0.4 is 0 Å². The predicted octanol–water partition coefficient (Wildman–Crippen LogP) is 8.72. The van der Waals surface area contributed by atoms with E-state index in [1.807, 2.05) is 0 Å². The van der Waals surface area contributed by atoms with Crippen LogP contribution >= 0.6 is 0 Å². The quantitative estimate of drug-likeness (QED) is 0.491. The van der Waals surface area contributed by atoms with Gasteiger partial charge in [0.25, 0.3) is 0 Å². The van der Waals surface area contributed by atoms with Crippen LogP contribution in [-0.4, -0.2) is 0 Å². The summed E-state index contributed by atoms with van der Waals surface area (Å²) in [6, 6.07) is 19.0. The van der Waals surface area contributed by atoms with Crippen molar-refractivity contribution < 1.29 is 0 Å². The summed E-state index contributed by atoms with van der Waals surface area (Å²) in [7, 11) is 0. The molecule has 2 aliphatic rings. The first-order valence-corrected chi connectivity index (χ1v) is 12.0. The van der Waals surface area contributed by atoms with Crippen LogP contribution in [0, 0.1) is 11.8 Å². The van der Waals surface area contributed by atoms with Crippen molar-refractivity contribution in [3.8, 4) is 11.1 Å². The molecule has 0 spiro atoms. The van der Waals surface area contributed by atoms with E-state index < -0.39 is 0 Å². The summed E-state index contributed by atoms with van der Waals surface area (Å²) in [5, 5.41) is 0. The maximum Gasteiger partial charge on any atom is -0.0162 e. The van der Waals surface area contributed by atoms with Crippen LogP contribution in [0.25, 0.3) is 11.1 Å². The lowest BCUT2D eigenvalue weighted by Gasteiger charge is -2.28. The molecular weight excluding hydrogens is 336 g/mol. The minimum absolute atomic E-state index is 0.789. The average molecular weight is 375 g/mol. The Morgan fingerprint density at radius 2 is 0.821 bits per heavy atom. The highest BCUT2D eigenvalue weighted by atomic mass is 14.3. The van der Waals surface area contributed by atoms with Gasteiger partial charge in [-0.25, -0.2) is 0 Å². The fourth-order valence-corrected chi connectivity index (χ4v) is 5.70. The molecule has 0 heterocycles. The molecule has 0 N–H and O–H groups in total. The van der Waals surface area contributed by atoms with Crippen molar-refractivity contribution in [3.05, 3.63) is 59.7 Å². The second kappa shape index (κ2) is 9.29. The van der Waals surface area contributed by atoms with Crippen LogP contribution in [0.4, 0.5) is 0 Å². The SMILES string of the molecule is CC[C@H]1CC[C@H](c2ccc(-c3ccc([C@H]4CC[C@H](CC)CC4)cc3)cc2)CC1. The van der Waals surface area contributed by atoms with Gasteiger partial charge in [-0.2, -0.15) is 0 Å². The first-order valence-electron chi connectivity index (χ1n) is 12.0. The highest BCUT2D eigenvalue weighted by Gasteiger charge is 2.22. The average Bonchev–Trinajstić information content (AvgIpc) is 2.79. The van der Waals surface area contributed by atoms with E-state index in [1.54, 1.807) is 11.1 Å². The third kappa shape index (κ3) is 4.53. The van der Waals surface area contributed by atoms with Crippen molar-refractivity contribution in [1.82, 2.24) is 0 Å². The van der Waals surface area contributed by atoms with Crippen molar-refractivity contribution in [2.75, 3.05) is 0 Å². The van der Waals surface area contributed by atoms with Crippen molar-refractivity contribution >= 4 is 0 Å². The van der Waals surface area contributed by atoms with Crippen molar-refractivity contribution in [1.29, 1.82) is 0 Å². The summed E-state index contributed by atoms with van der Waals surface area (Å²) in [5.41, 5.74) is 5.85. The maximum atomic E-state index is 2.40. The second-order valence-electron chi connectivity index (χ2n) is 9.50. The largest absolute Gasteiger partial charge is 0.0651 e. The Morgan fingerprint density at radius 3 is 1.11 bits per heavy atom. The smallest absolute Gasteiger partial charge is 0.0162 e. The Morgan fingerprint density at radius 1 is 0.500 bits per heavy atom. The Balaban J connectivity index is 1.38. The van der Waals surface area contributed by atoms with Crippen molar-refractivity contribution in [3.63, 3.8) is 0 Å². The van der Waals surface area contributed by atoms with Crippen LogP contribution in [0.1, 0.15) is 101 Å². The van der Waals surface area contributed by atoms with Gasteiger partial charge in [0.2, 0.25) is 0 Å². The van der Waals surface area contributed by atoms with E-state index in [1.165, 1.54) is 75.3 Å². The summed E-state index contributed by atoms with van der Waals surface area (Å²) in [6.45, 7) is 4.70. The minimum Gasteiger partial charge on any atom is -0.0651 e. The van der Waals surface area contributed by atoms with Gasteiger partial charge in [-0.3, -0.25) is 0 Å². The highest BCUT2D eigenvalue weighted by molar-refractivity contribution is 5.64. The predicted molar refractivity (Wildman–Crippen MR) is 122 cm³/mol. The summed E-state index contributed by atoms with van der Waals surface area (Å²) < 4.78 is 0. The first kappa shape index (κ1) is 19.7. The highest BCUT2D eigenvalue weighted by Crippen LogP contribution is 2.39. The van der Waals surface area contributed by atoms with Gasteiger partial charge in [0.15, 0.2) is 0 Å². The van der Waals surface area contributed by atoms with Gasteiger partial charge < -0.3 is 0 Å². The van der Waals surface area contributed by atoms with Gasteiger partial charge in [-0.05, 0) is 97.3 Å². The van der Waals surface area contributed by atoms with Gasteiger partial charge in [0.05, 0.1) is 0 Å². The lowest BCUT2D eigenvalue weighted by atomic mass is 9.77. The van der Waals surface area contributed by atoms with Crippen LogP contribution in [-0.2, 0) is 0 Å². The summed E-state index contributed by atoms with van der Waals surface area (Å²) in [5.74, 6) is 3.53. The molecule has 0 atom stereocenters. The number of rotatable bonds is 5. The van der Waals surface area contributed by atoms with E-state index >= 15 is 0 Å². The van der Waals surface area contributed by atoms with Gasteiger partial charge >= 0.3 is 0 Å². The summed E-state index contributed by atoms with van der Waals surface area (Å²) in [4.78, 5) is 0. The van der Waals surface area contributed by atoms with Crippen molar-refractivity contribution in [2.45, 2.75) is 89.9 Å². The molecule has 0 aliphatic heterocycles. The van der Waals surface area contributed by atoms with Gasteiger partial charge in [0, 0.05) is 0 Å². The van der Waals surface area contributed by atoms with Crippen molar-refractivity contribution in [2.24, 2.45) is 11.8 Å². The molecule has 2 fully saturated rings. The number of hydrogen-bond acceptors (Lipinski definition) is 0. The molecule has 0 heteroatoms. The number of benzene rings is 2. The fourth-order valence-electron chi connectivity index (χ4n) is 5.70. The topological polar surface area (TPSA) is 0 Å². The zero-order valence-electron chi connectivity index (χ0n) is 18.0. The second-order valence-corrected chi connectivity index (χ2v) is 9.50. The van der Waals surface area contributed by atoms with Gasteiger partial charge in [0.1, 0.15) is 0 Å². The van der Waals surface area contributed by atoms with E-state index in [0.717, 1.165) is 23.7 Å². The molecule has 150 valence electrons. The van der Waals surface area contributed by atoms with Gasteiger partial charge in [-0.1, -0.05) is 75.2 Å². The van der Waals surface area contributed by atoms with Gasteiger partial charge in [-0.15, -0.1) is 0 Å². The summed E-state index contributed by atoms with van der Waals surface area (Å²) in [6.07, 6.45) is 13.9. The Bertz CT molecular complexity index is 642. The van der Waals surface area contributed by atoms with E-state index in [0.29, 0.717) is 0 Å². The molecule has 0 radical (unpaired) electrons. The lowest BCUT2D eigenvalue weighted by Crippen LogP contribution is -2.12. The third-order valence-electron chi connectivity index (χ3n) is 7.95. The molecular formula is C28H38. The van der Waals surface area contributed by atoms with E-state index in [-0.39, 0.29) is 0 Å². The maximum absolute atomic E-state index is 2.40. The minimum atomic E-state index is 0.789.